The van der Waals surface area contributed by atoms with E-state index in [4.69, 9.17) is 0 Å². The summed E-state index contributed by atoms with van der Waals surface area (Å²) in [6, 6.07) is 0. The highest BCUT2D eigenvalue weighted by Gasteiger charge is 2.32. The van der Waals surface area contributed by atoms with Gasteiger partial charge in [0.1, 0.15) is 4.90 Å². The number of hydrogen-bond acceptors (Lipinski definition) is 6. The summed E-state index contributed by atoms with van der Waals surface area (Å²) in [5.74, 6) is -2.77. The third kappa shape index (κ3) is 2.45. The molecule has 0 spiro atoms. The number of pyridine rings is 1. The molecule has 0 fully saturated rings. The zero-order valence-corrected chi connectivity index (χ0v) is 8.69. The summed E-state index contributed by atoms with van der Waals surface area (Å²) in [6.07, 6.45) is -3.02. The van der Waals surface area contributed by atoms with E-state index in [9.17, 15) is 32.4 Å². The molecule has 0 unspecified atom stereocenters. The Bertz CT molecular complexity index is 573. The lowest BCUT2D eigenvalue weighted by Crippen LogP contribution is -2.16. The van der Waals surface area contributed by atoms with Crippen LogP contribution in [-0.4, -0.2) is 23.4 Å². The molecule has 0 saturated heterocycles. The fourth-order valence-corrected chi connectivity index (χ4v) is 1.91. The van der Waals surface area contributed by atoms with E-state index in [0.29, 0.717) is 0 Å². The highest BCUT2D eigenvalue weighted by Crippen LogP contribution is 2.36. The molecule has 0 aromatic carbocycles. The number of sulfonamides is 1. The Morgan fingerprint density at radius 2 is 2.06 bits per heavy atom. The molecule has 0 aliphatic heterocycles. The van der Waals surface area contributed by atoms with Crippen molar-refractivity contribution in [1.82, 2.24) is 4.98 Å². The Hall–Kier alpha value is -1.88. The minimum atomic E-state index is -4.74. The highest BCUT2D eigenvalue weighted by molar-refractivity contribution is 7.89. The zero-order valence-electron chi connectivity index (χ0n) is 7.87. The fraction of sp³-hybridized carbons (Fsp3) is 0.167. The van der Waals surface area contributed by atoms with Crippen molar-refractivity contribution >= 4 is 15.8 Å². The average Bonchev–Trinajstić information content (AvgIpc) is 2.14. The van der Waals surface area contributed by atoms with Crippen LogP contribution in [0.3, 0.4) is 0 Å². The van der Waals surface area contributed by atoms with E-state index in [1.165, 1.54) is 0 Å². The normalized spacial score (nSPS) is 11.8. The molecule has 1 rings (SSSR count). The summed E-state index contributed by atoms with van der Waals surface area (Å²) in [4.78, 5) is 10.6. The number of nitro groups is 1. The maximum Gasteiger partial charge on any atom is 0.407 e. The van der Waals surface area contributed by atoms with Gasteiger partial charge in [0.15, 0.2) is 6.20 Å². The molecule has 0 bridgehead atoms. The molecule has 3 N–H and O–H groups in total. The van der Waals surface area contributed by atoms with E-state index in [0.717, 1.165) is 0 Å². The van der Waals surface area contributed by atoms with Crippen LogP contribution >= 0.6 is 0 Å². The molecule has 0 atom stereocenters. The Morgan fingerprint density at radius 3 is 2.41 bits per heavy atom. The zero-order chi connectivity index (χ0) is 13.4. The first-order valence-corrected chi connectivity index (χ1v) is 5.38. The van der Waals surface area contributed by atoms with Crippen LogP contribution < -0.4 is 5.14 Å². The molecule has 94 valence electrons. The smallest absolute Gasteiger partial charge is 0.407 e. The van der Waals surface area contributed by atoms with Gasteiger partial charge >= 0.3 is 5.82 Å². The van der Waals surface area contributed by atoms with Gasteiger partial charge in [-0.2, -0.15) is 0 Å². The number of hydrogen-bond donors (Lipinski definition) is 2. The Labute approximate surface area is 92.9 Å². The SMILES string of the molecule is NS(=O)(=O)c1c(C(F)F)cnc([N+](=O)[O-])c1O. The Balaban J connectivity index is 3.72. The van der Waals surface area contributed by atoms with Crippen LogP contribution in [0.25, 0.3) is 0 Å². The fourth-order valence-electron chi connectivity index (χ4n) is 1.08. The van der Waals surface area contributed by atoms with Crippen molar-refractivity contribution in [3.63, 3.8) is 0 Å². The summed E-state index contributed by atoms with van der Waals surface area (Å²) in [5, 5.41) is 24.2. The van der Waals surface area contributed by atoms with Crippen molar-refractivity contribution in [1.29, 1.82) is 0 Å². The number of nitrogens with two attached hydrogens (primary N) is 1. The summed E-state index contributed by atoms with van der Waals surface area (Å²) in [7, 11) is -4.74. The third-order valence-corrected chi connectivity index (χ3v) is 2.71. The molecular formula is C6H5F2N3O5S. The maximum absolute atomic E-state index is 12.4. The van der Waals surface area contributed by atoms with Crippen molar-refractivity contribution < 1.29 is 27.2 Å². The standard InChI is InChI=1S/C6H5F2N3O5S/c7-5(8)2-1-10-6(11(13)14)3(12)4(2)17(9,15)16/h1,5,12H,(H2,9,15,16). The van der Waals surface area contributed by atoms with E-state index in [1.807, 2.05) is 0 Å². The van der Waals surface area contributed by atoms with Crippen LogP contribution in [-0.2, 0) is 10.0 Å². The van der Waals surface area contributed by atoms with E-state index in [1.54, 1.807) is 0 Å². The minimum Gasteiger partial charge on any atom is -0.500 e. The van der Waals surface area contributed by atoms with Crippen LogP contribution in [0, 0.1) is 10.1 Å². The van der Waals surface area contributed by atoms with Crippen molar-refractivity contribution in [2.45, 2.75) is 11.3 Å². The van der Waals surface area contributed by atoms with Crippen LogP contribution in [0.4, 0.5) is 14.6 Å². The summed E-state index contributed by atoms with van der Waals surface area (Å²) < 4.78 is 46.8. The van der Waals surface area contributed by atoms with E-state index in [-0.39, 0.29) is 6.20 Å². The second kappa shape index (κ2) is 4.18. The first-order valence-electron chi connectivity index (χ1n) is 3.83. The lowest BCUT2D eigenvalue weighted by atomic mass is 10.2. The largest absolute Gasteiger partial charge is 0.500 e. The molecule has 0 aliphatic carbocycles. The number of aromatic hydroxyl groups is 1. The second-order valence-electron chi connectivity index (χ2n) is 2.82. The van der Waals surface area contributed by atoms with Gasteiger partial charge in [-0.25, -0.2) is 22.3 Å². The van der Waals surface area contributed by atoms with Gasteiger partial charge in [0.25, 0.3) is 6.43 Å². The van der Waals surface area contributed by atoms with Gasteiger partial charge < -0.3 is 15.2 Å². The van der Waals surface area contributed by atoms with E-state index in [2.05, 4.69) is 10.1 Å². The molecule has 11 heteroatoms. The highest BCUT2D eigenvalue weighted by atomic mass is 32.2. The molecule has 1 aromatic heterocycles. The number of aromatic nitrogens is 1. The molecule has 0 amide bonds. The molecule has 0 saturated carbocycles. The molecule has 0 aliphatic rings. The number of halogens is 2. The summed E-state index contributed by atoms with van der Waals surface area (Å²) >= 11 is 0. The van der Waals surface area contributed by atoms with Gasteiger partial charge in [-0.05, 0) is 9.91 Å². The van der Waals surface area contributed by atoms with Gasteiger partial charge in [0, 0.05) is 0 Å². The van der Waals surface area contributed by atoms with Gasteiger partial charge in [-0.15, -0.1) is 0 Å². The Kier molecular flexibility index (Phi) is 3.24. The molecule has 1 aromatic rings. The predicted octanol–water partition coefficient (Wildman–Crippen LogP) is 0.280. The number of rotatable bonds is 3. The van der Waals surface area contributed by atoms with Gasteiger partial charge in [-0.3, -0.25) is 0 Å². The topological polar surface area (TPSA) is 136 Å². The summed E-state index contributed by atoms with van der Waals surface area (Å²) in [5.41, 5.74) is -1.20. The number of nitrogens with zero attached hydrogens (tertiary/aromatic N) is 2. The van der Waals surface area contributed by atoms with Crippen molar-refractivity contribution in [2.75, 3.05) is 0 Å². The molecule has 17 heavy (non-hydrogen) atoms. The summed E-state index contributed by atoms with van der Waals surface area (Å²) in [6.45, 7) is 0. The first kappa shape index (κ1) is 13.2. The number of primary sulfonamides is 1. The second-order valence-corrected chi connectivity index (χ2v) is 4.32. The van der Waals surface area contributed by atoms with Crippen molar-refractivity contribution in [3.05, 3.63) is 21.9 Å². The maximum atomic E-state index is 12.4. The molecular weight excluding hydrogens is 264 g/mol. The van der Waals surface area contributed by atoms with Gasteiger partial charge in [0.2, 0.25) is 15.8 Å². The van der Waals surface area contributed by atoms with E-state index >= 15 is 0 Å². The lowest BCUT2D eigenvalue weighted by Gasteiger charge is -2.06. The molecule has 0 radical (unpaired) electrons. The predicted molar refractivity (Wildman–Crippen MR) is 48.9 cm³/mol. The lowest BCUT2D eigenvalue weighted by molar-refractivity contribution is -0.390. The van der Waals surface area contributed by atoms with Crippen molar-refractivity contribution in [3.8, 4) is 5.75 Å². The van der Waals surface area contributed by atoms with Gasteiger partial charge in [0.05, 0.1) is 5.56 Å². The third-order valence-electron chi connectivity index (χ3n) is 1.71. The molecule has 1 heterocycles. The average molecular weight is 269 g/mol. The quantitative estimate of drug-likeness (QED) is 0.597. The van der Waals surface area contributed by atoms with Crippen molar-refractivity contribution in [2.24, 2.45) is 5.14 Å². The van der Waals surface area contributed by atoms with Crippen LogP contribution in [0.15, 0.2) is 11.1 Å². The Morgan fingerprint density at radius 1 is 1.53 bits per heavy atom. The van der Waals surface area contributed by atoms with Gasteiger partial charge in [-0.1, -0.05) is 0 Å². The molecule has 8 nitrogen and oxygen atoms in total. The van der Waals surface area contributed by atoms with E-state index < -0.39 is 43.4 Å². The first-order chi connectivity index (χ1) is 7.66. The van der Waals surface area contributed by atoms with Crippen LogP contribution in [0.5, 0.6) is 5.75 Å². The van der Waals surface area contributed by atoms with Crippen LogP contribution in [0.1, 0.15) is 12.0 Å². The number of alkyl halides is 2. The minimum absolute atomic E-state index is 0.280. The van der Waals surface area contributed by atoms with Crippen LogP contribution in [0.2, 0.25) is 0 Å². The monoisotopic (exact) mass is 269 g/mol.